The average Bonchev–Trinajstić information content (AvgIpc) is 2.55. The number of hydrogen-bond donors (Lipinski definition) is 1. The molecule has 0 atom stereocenters. The molecule has 0 aliphatic heterocycles. The molecule has 0 saturated heterocycles. The summed E-state index contributed by atoms with van der Waals surface area (Å²) in [5.41, 5.74) is 1.86. The van der Waals surface area contributed by atoms with Crippen LogP contribution < -0.4 is 4.72 Å². The van der Waals surface area contributed by atoms with Gasteiger partial charge in [-0.25, -0.2) is 0 Å². The summed E-state index contributed by atoms with van der Waals surface area (Å²) in [6.07, 6.45) is 1.59. The Morgan fingerprint density at radius 1 is 0.955 bits per heavy atom. The van der Waals surface area contributed by atoms with Gasteiger partial charge in [0.15, 0.2) is 0 Å². The number of nitrogens with zero attached hydrogens (tertiary/aromatic N) is 1. The van der Waals surface area contributed by atoms with Crippen molar-refractivity contribution in [2.75, 3.05) is 6.54 Å². The molecule has 0 bridgehead atoms. The Balaban J connectivity index is 2.07. The molecule has 2 rings (SSSR count). The Bertz CT molecular complexity index is 685. The third-order valence-corrected chi connectivity index (χ3v) is 4.64. The van der Waals surface area contributed by atoms with Gasteiger partial charge >= 0.3 is 0 Å². The van der Waals surface area contributed by atoms with E-state index in [4.69, 9.17) is 0 Å². The summed E-state index contributed by atoms with van der Waals surface area (Å²) < 4.78 is 28.9. The van der Waals surface area contributed by atoms with Crippen LogP contribution in [0.3, 0.4) is 0 Å². The van der Waals surface area contributed by atoms with Crippen LogP contribution in [0.5, 0.6) is 0 Å². The Labute approximate surface area is 132 Å². The largest absolute Gasteiger partial charge is 0.280 e. The lowest BCUT2D eigenvalue weighted by Crippen LogP contribution is -2.40. The van der Waals surface area contributed by atoms with Crippen LogP contribution in [0.15, 0.2) is 73.3 Å². The van der Waals surface area contributed by atoms with Crippen molar-refractivity contribution >= 4 is 10.2 Å². The highest BCUT2D eigenvalue weighted by Gasteiger charge is 2.20. The molecular formula is C17H20N2O2S. The average molecular weight is 316 g/mol. The van der Waals surface area contributed by atoms with Crippen molar-refractivity contribution < 1.29 is 8.42 Å². The van der Waals surface area contributed by atoms with Crippen LogP contribution >= 0.6 is 0 Å². The van der Waals surface area contributed by atoms with Gasteiger partial charge in [-0.3, -0.25) is 0 Å². The summed E-state index contributed by atoms with van der Waals surface area (Å²) in [7, 11) is -3.57. The fourth-order valence-electron chi connectivity index (χ4n) is 2.04. The quantitative estimate of drug-likeness (QED) is 0.761. The van der Waals surface area contributed by atoms with Crippen molar-refractivity contribution in [2.24, 2.45) is 0 Å². The van der Waals surface area contributed by atoms with Crippen LogP contribution in [0.4, 0.5) is 0 Å². The lowest BCUT2D eigenvalue weighted by atomic mass is 10.2. The summed E-state index contributed by atoms with van der Waals surface area (Å²) in [6, 6.07) is 18.9. The molecule has 0 aliphatic rings. The SMILES string of the molecule is C=CCN(Cc1ccccc1)S(=O)(=O)NCc1ccccc1. The molecule has 1 N–H and O–H groups in total. The van der Waals surface area contributed by atoms with Gasteiger partial charge in [0.05, 0.1) is 0 Å². The molecule has 0 aliphatic carbocycles. The van der Waals surface area contributed by atoms with Gasteiger partial charge in [0, 0.05) is 19.6 Å². The van der Waals surface area contributed by atoms with Crippen LogP contribution in [-0.2, 0) is 23.3 Å². The number of rotatable bonds is 8. The summed E-state index contributed by atoms with van der Waals surface area (Å²) in [6.45, 7) is 4.49. The Hall–Kier alpha value is -1.95. The van der Waals surface area contributed by atoms with E-state index in [-0.39, 0.29) is 13.1 Å². The number of hydrogen-bond acceptors (Lipinski definition) is 2. The zero-order chi connectivity index (χ0) is 15.8. The van der Waals surface area contributed by atoms with E-state index in [1.54, 1.807) is 6.08 Å². The summed E-state index contributed by atoms with van der Waals surface area (Å²) in [5, 5.41) is 0. The van der Waals surface area contributed by atoms with Crippen LogP contribution in [0.1, 0.15) is 11.1 Å². The molecule has 0 aromatic heterocycles. The van der Waals surface area contributed by atoms with E-state index in [0.717, 1.165) is 11.1 Å². The van der Waals surface area contributed by atoms with Gasteiger partial charge in [0.25, 0.3) is 10.2 Å². The second-order valence-corrected chi connectivity index (χ2v) is 6.63. The maximum atomic E-state index is 12.5. The predicted octanol–water partition coefficient (Wildman–Crippen LogP) is 2.71. The minimum absolute atomic E-state index is 0.263. The van der Waals surface area contributed by atoms with E-state index in [1.807, 2.05) is 60.7 Å². The Kier molecular flexibility index (Phi) is 5.89. The first-order chi connectivity index (χ1) is 10.6. The van der Waals surface area contributed by atoms with E-state index in [1.165, 1.54) is 4.31 Å². The molecule has 2 aromatic carbocycles. The minimum atomic E-state index is -3.57. The molecule has 0 fully saturated rings. The van der Waals surface area contributed by atoms with Gasteiger partial charge in [-0.15, -0.1) is 6.58 Å². The van der Waals surface area contributed by atoms with Gasteiger partial charge in [0.1, 0.15) is 0 Å². The molecule has 4 nitrogen and oxygen atoms in total. The van der Waals surface area contributed by atoms with Crippen molar-refractivity contribution in [2.45, 2.75) is 13.1 Å². The number of benzene rings is 2. The maximum absolute atomic E-state index is 12.5. The second kappa shape index (κ2) is 7.89. The van der Waals surface area contributed by atoms with E-state index in [2.05, 4.69) is 11.3 Å². The zero-order valence-corrected chi connectivity index (χ0v) is 13.2. The van der Waals surface area contributed by atoms with Gasteiger partial charge in [-0.2, -0.15) is 17.4 Å². The standard InChI is InChI=1S/C17H20N2O2S/c1-2-13-19(15-17-11-7-4-8-12-17)22(20,21)18-14-16-9-5-3-6-10-16/h2-12,18H,1,13-15H2. The molecule has 5 heteroatoms. The molecule has 0 saturated carbocycles. The Morgan fingerprint density at radius 3 is 2.05 bits per heavy atom. The zero-order valence-electron chi connectivity index (χ0n) is 12.4. The van der Waals surface area contributed by atoms with Crippen LogP contribution in [0.2, 0.25) is 0 Å². The molecule has 22 heavy (non-hydrogen) atoms. The monoisotopic (exact) mass is 316 g/mol. The third kappa shape index (κ3) is 4.80. The van der Waals surface area contributed by atoms with Gasteiger partial charge < -0.3 is 0 Å². The highest BCUT2D eigenvalue weighted by molar-refractivity contribution is 7.87. The van der Waals surface area contributed by atoms with Crippen molar-refractivity contribution in [3.8, 4) is 0 Å². The molecule has 0 spiro atoms. The highest BCUT2D eigenvalue weighted by atomic mass is 32.2. The fraction of sp³-hybridized carbons (Fsp3) is 0.176. The lowest BCUT2D eigenvalue weighted by molar-refractivity contribution is 0.428. The van der Waals surface area contributed by atoms with E-state index in [9.17, 15) is 8.42 Å². The van der Waals surface area contributed by atoms with E-state index < -0.39 is 10.2 Å². The number of nitrogens with one attached hydrogen (secondary N) is 1. The summed E-state index contributed by atoms with van der Waals surface area (Å²) in [5.74, 6) is 0. The van der Waals surface area contributed by atoms with Crippen LogP contribution in [-0.4, -0.2) is 19.3 Å². The second-order valence-electron chi connectivity index (χ2n) is 4.88. The molecule has 0 radical (unpaired) electrons. The van der Waals surface area contributed by atoms with Gasteiger partial charge in [-0.1, -0.05) is 66.7 Å². The lowest BCUT2D eigenvalue weighted by Gasteiger charge is -2.21. The first-order valence-corrected chi connectivity index (χ1v) is 8.49. The first-order valence-electron chi connectivity index (χ1n) is 7.05. The van der Waals surface area contributed by atoms with E-state index in [0.29, 0.717) is 6.54 Å². The van der Waals surface area contributed by atoms with E-state index >= 15 is 0 Å². The molecule has 0 amide bonds. The summed E-state index contributed by atoms with van der Waals surface area (Å²) >= 11 is 0. The van der Waals surface area contributed by atoms with Crippen LogP contribution in [0.25, 0.3) is 0 Å². The summed E-state index contributed by atoms with van der Waals surface area (Å²) in [4.78, 5) is 0. The van der Waals surface area contributed by atoms with Crippen molar-refractivity contribution in [3.63, 3.8) is 0 Å². The Morgan fingerprint density at radius 2 is 1.50 bits per heavy atom. The maximum Gasteiger partial charge on any atom is 0.280 e. The predicted molar refractivity (Wildman–Crippen MR) is 89.3 cm³/mol. The highest BCUT2D eigenvalue weighted by Crippen LogP contribution is 2.09. The van der Waals surface area contributed by atoms with Crippen LogP contribution in [0, 0.1) is 0 Å². The smallest absolute Gasteiger partial charge is 0.198 e. The molecule has 0 unspecified atom stereocenters. The molecule has 2 aromatic rings. The topological polar surface area (TPSA) is 49.4 Å². The molecule has 116 valence electrons. The van der Waals surface area contributed by atoms with Gasteiger partial charge in [0.2, 0.25) is 0 Å². The fourth-order valence-corrected chi connectivity index (χ4v) is 3.19. The van der Waals surface area contributed by atoms with Crippen molar-refractivity contribution in [3.05, 3.63) is 84.4 Å². The van der Waals surface area contributed by atoms with Crippen molar-refractivity contribution in [1.82, 2.24) is 9.03 Å². The minimum Gasteiger partial charge on any atom is -0.198 e. The first kappa shape index (κ1) is 16.4. The normalized spacial score (nSPS) is 11.5. The third-order valence-electron chi connectivity index (χ3n) is 3.18. The molecule has 0 heterocycles. The van der Waals surface area contributed by atoms with Gasteiger partial charge in [-0.05, 0) is 11.1 Å². The van der Waals surface area contributed by atoms with Crippen molar-refractivity contribution in [1.29, 1.82) is 0 Å². The molecular weight excluding hydrogens is 296 g/mol.